The Morgan fingerprint density at radius 1 is 1.17 bits per heavy atom. The Labute approximate surface area is 140 Å². The van der Waals surface area contributed by atoms with Crippen LogP contribution >= 0.6 is 34.5 Å². The van der Waals surface area contributed by atoms with Gasteiger partial charge in [0.25, 0.3) is 0 Å². The molecular weight excluding hydrogens is 419 g/mol. The van der Waals surface area contributed by atoms with Gasteiger partial charge in [0.15, 0.2) is 5.92 Å². The molecule has 134 valence electrons. The number of halogens is 8. The second-order valence-corrected chi connectivity index (χ2v) is 8.13. The van der Waals surface area contributed by atoms with E-state index in [2.05, 4.69) is 0 Å². The summed E-state index contributed by atoms with van der Waals surface area (Å²) in [6.07, 6.45) is -11.7. The van der Waals surface area contributed by atoms with Gasteiger partial charge < -0.3 is 5.11 Å². The largest absolute Gasteiger partial charge is 0.402 e. The molecular formula is C9H7Cl2F6NO3S2. The summed E-state index contributed by atoms with van der Waals surface area (Å²) in [5.74, 6) is -4.09. The first kappa shape index (κ1) is 20.8. The van der Waals surface area contributed by atoms with Crippen LogP contribution in [-0.4, -0.2) is 38.5 Å². The number of rotatable bonds is 5. The van der Waals surface area contributed by atoms with Crippen LogP contribution < -0.4 is 4.72 Å². The molecule has 0 saturated heterocycles. The number of aliphatic hydroxyl groups excluding tert-OH is 1. The van der Waals surface area contributed by atoms with E-state index in [0.29, 0.717) is 11.3 Å². The van der Waals surface area contributed by atoms with Crippen molar-refractivity contribution in [1.82, 2.24) is 4.72 Å². The normalized spacial score (nSPS) is 15.2. The number of hydrogen-bond acceptors (Lipinski definition) is 4. The molecule has 0 unspecified atom stereocenters. The maximum atomic E-state index is 12.6. The monoisotopic (exact) mass is 425 g/mol. The molecule has 1 atom stereocenters. The standard InChI is InChI=1S/C9H7Cl2F6NO3S2/c10-5-1-4(7(11)22-5)23(20,21)18-3(2-19)6(8(12,13)14)9(15,16)17/h1,3,6,18-19H,2H2/t3-/m1/s1. The van der Waals surface area contributed by atoms with Gasteiger partial charge in [-0.2, -0.15) is 26.3 Å². The second kappa shape index (κ2) is 6.92. The summed E-state index contributed by atoms with van der Waals surface area (Å²) in [4.78, 5) is -0.782. The minimum absolute atomic E-state index is 0.140. The fourth-order valence-electron chi connectivity index (χ4n) is 1.62. The molecule has 2 N–H and O–H groups in total. The minimum atomic E-state index is -5.83. The topological polar surface area (TPSA) is 66.4 Å². The Balaban J connectivity index is 3.23. The summed E-state index contributed by atoms with van der Waals surface area (Å²) in [7, 11) is -4.86. The fraction of sp³-hybridized carbons (Fsp3) is 0.556. The van der Waals surface area contributed by atoms with Gasteiger partial charge in [-0.3, -0.25) is 0 Å². The lowest BCUT2D eigenvalue weighted by Gasteiger charge is -2.29. The molecule has 0 aliphatic carbocycles. The van der Waals surface area contributed by atoms with E-state index < -0.39 is 50.2 Å². The number of aliphatic hydroxyl groups is 1. The van der Waals surface area contributed by atoms with Crippen LogP contribution in [0.1, 0.15) is 0 Å². The van der Waals surface area contributed by atoms with Crippen molar-refractivity contribution in [2.45, 2.75) is 23.3 Å². The molecule has 4 nitrogen and oxygen atoms in total. The van der Waals surface area contributed by atoms with Gasteiger partial charge in [0.2, 0.25) is 10.0 Å². The lowest BCUT2D eigenvalue weighted by molar-refractivity contribution is -0.292. The maximum absolute atomic E-state index is 12.6. The Bertz CT molecular complexity index is 643. The molecule has 0 spiro atoms. The predicted octanol–water partition coefficient (Wildman–Crippen LogP) is 3.43. The van der Waals surface area contributed by atoms with Crippen LogP contribution in [0.4, 0.5) is 26.3 Å². The summed E-state index contributed by atoms with van der Waals surface area (Å²) in [6.45, 7) is -1.74. The van der Waals surface area contributed by atoms with Crippen molar-refractivity contribution in [1.29, 1.82) is 0 Å². The Morgan fingerprint density at radius 3 is 1.96 bits per heavy atom. The van der Waals surface area contributed by atoms with Crippen LogP contribution in [0.25, 0.3) is 0 Å². The third-order valence-corrected chi connectivity index (χ3v) is 5.77. The maximum Gasteiger partial charge on any atom is 0.402 e. The average Bonchev–Trinajstić information content (AvgIpc) is 2.64. The second-order valence-electron chi connectivity index (χ2n) is 4.16. The number of thiophene rings is 1. The van der Waals surface area contributed by atoms with E-state index in [4.69, 9.17) is 28.3 Å². The van der Waals surface area contributed by atoms with Crippen molar-refractivity contribution >= 4 is 44.6 Å². The van der Waals surface area contributed by atoms with E-state index in [1.807, 2.05) is 0 Å². The molecule has 1 rings (SSSR count). The molecule has 1 heterocycles. The van der Waals surface area contributed by atoms with Gasteiger partial charge in [-0.15, -0.1) is 11.3 Å². The highest BCUT2D eigenvalue weighted by Crippen LogP contribution is 2.42. The zero-order valence-electron chi connectivity index (χ0n) is 10.5. The molecule has 0 saturated carbocycles. The molecule has 1 aromatic heterocycles. The number of alkyl halides is 6. The lowest BCUT2D eigenvalue weighted by atomic mass is 10.00. The number of nitrogens with one attached hydrogen (secondary N) is 1. The van der Waals surface area contributed by atoms with Crippen LogP contribution in [0.15, 0.2) is 11.0 Å². The third kappa shape index (κ3) is 5.10. The molecule has 14 heteroatoms. The summed E-state index contributed by atoms with van der Waals surface area (Å²) in [6, 6.07) is -2.11. The first-order chi connectivity index (χ1) is 10.2. The van der Waals surface area contributed by atoms with Crippen LogP contribution in [0, 0.1) is 5.92 Å². The Hall–Kier alpha value is -0.270. The summed E-state index contributed by atoms with van der Waals surface area (Å²) in [5, 5.41) is 8.82. The SMILES string of the molecule is O=S(=O)(N[C@H](CO)C(C(F)(F)F)C(F)(F)F)c1cc(Cl)sc1Cl. The van der Waals surface area contributed by atoms with Gasteiger partial charge in [-0.25, -0.2) is 13.1 Å². The fourth-order valence-corrected chi connectivity index (χ4v) is 5.01. The molecule has 0 bridgehead atoms. The quantitative estimate of drug-likeness (QED) is 0.710. The lowest BCUT2D eigenvalue weighted by Crippen LogP contribution is -2.54. The number of hydrogen-bond donors (Lipinski definition) is 2. The van der Waals surface area contributed by atoms with Crippen LogP contribution in [0.5, 0.6) is 0 Å². The highest BCUT2D eigenvalue weighted by Gasteiger charge is 2.60. The van der Waals surface area contributed by atoms with E-state index in [1.165, 1.54) is 4.72 Å². The van der Waals surface area contributed by atoms with Crippen LogP contribution in [0.3, 0.4) is 0 Å². The van der Waals surface area contributed by atoms with Gasteiger partial charge in [0, 0.05) is 0 Å². The smallest absolute Gasteiger partial charge is 0.395 e. The zero-order chi connectivity index (χ0) is 18.2. The first-order valence-corrected chi connectivity index (χ1v) is 8.47. The Kier molecular flexibility index (Phi) is 6.25. The molecule has 0 fully saturated rings. The summed E-state index contributed by atoms with van der Waals surface area (Å²) < 4.78 is 100. The van der Waals surface area contributed by atoms with Crippen LogP contribution in [0.2, 0.25) is 8.67 Å². The van der Waals surface area contributed by atoms with E-state index in [0.717, 1.165) is 6.07 Å². The van der Waals surface area contributed by atoms with Gasteiger partial charge >= 0.3 is 12.4 Å². The first-order valence-electron chi connectivity index (χ1n) is 5.41. The van der Waals surface area contributed by atoms with Crippen molar-refractivity contribution < 1.29 is 39.9 Å². The van der Waals surface area contributed by atoms with Crippen molar-refractivity contribution in [3.05, 3.63) is 14.7 Å². The Morgan fingerprint density at radius 2 is 1.65 bits per heavy atom. The van der Waals surface area contributed by atoms with Crippen LogP contribution in [-0.2, 0) is 10.0 Å². The molecule has 0 aliphatic rings. The third-order valence-electron chi connectivity index (χ3n) is 2.53. The average molecular weight is 426 g/mol. The van der Waals surface area contributed by atoms with Gasteiger partial charge in [-0.05, 0) is 6.07 Å². The van der Waals surface area contributed by atoms with E-state index >= 15 is 0 Å². The predicted molar refractivity (Wildman–Crippen MR) is 71.1 cm³/mol. The summed E-state index contributed by atoms with van der Waals surface area (Å²) >= 11 is 11.6. The van der Waals surface area contributed by atoms with Crippen molar-refractivity contribution in [2.24, 2.45) is 5.92 Å². The molecule has 0 aliphatic heterocycles. The molecule has 0 aromatic carbocycles. The summed E-state index contributed by atoms with van der Waals surface area (Å²) in [5.41, 5.74) is 0. The van der Waals surface area contributed by atoms with Gasteiger partial charge in [0.05, 0.1) is 17.0 Å². The zero-order valence-corrected chi connectivity index (χ0v) is 13.7. The van der Waals surface area contributed by atoms with E-state index in [9.17, 15) is 34.8 Å². The highest BCUT2D eigenvalue weighted by atomic mass is 35.5. The van der Waals surface area contributed by atoms with Gasteiger partial charge in [-0.1, -0.05) is 23.2 Å². The van der Waals surface area contributed by atoms with E-state index in [1.54, 1.807) is 0 Å². The molecule has 1 aromatic rings. The van der Waals surface area contributed by atoms with Gasteiger partial charge in [0.1, 0.15) is 9.23 Å². The highest BCUT2D eigenvalue weighted by molar-refractivity contribution is 7.89. The van der Waals surface area contributed by atoms with E-state index in [-0.39, 0.29) is 4.34 Å². The molecule has 23 heavy (non-hydrogen) atoms. The van der Waals surface area contributed by atoms with Crippen molar-refractivity contribution in [3.63, 3.8) is 0 Å². The van der Waals surface area contributed by atoms with Crippen molar-refractivity contribution in [2.75, 3.05) is 6.61 Å². The minimum Gasteiger partial charge on any atom is -0.395 e. The van der Waals surface area contributed by atoms with Crippen molar-refractivity contribution in [3.8, 4) is 0 Å². The number of sulfonamides is 1. The molecule has 0 radical (unpaired) electrons. The molecule has 0 amide bonds.